The summed E-state index contributed by atoms with van der Waals surface area (Å²) in [6.45, 7) is 3.05. The van der Waals surface area contributed by atoms with Crippen LogP contribution in [0.3, 0.4) is 0 Å². The third-order valence-corrected chi connectivity index (χ3v) is 5.31. The van der Waals surface area contributed by atoms with Crippen LogP contribution >= 0.6 is 12.2 Å². The van der Waals surface area contributed by atoms with Crippen molar-refractivity contribution in [2.75, 3.05) is 33.4 Å². The topological polar surface area (TPSA) is 44.8 Å². The lowest BCUT2D eigenvalue weighted by molar-refractivity contribution is -0.139. The molecule has 1 saturated heterocycles. The minimum absolute atomic E-state index is 0.191. The molecule has 1 aromatic carbocycles. The van der Waals surface area contributed by atoms with Crippen molar-refractivity contribution in [2.24, 2.45) is 5.92 Å². The van der Waals surface area contributed by atoms with Gasteiger partial charge >= 0.3 is 0 Å². The van der Waals surface area contributed by atoms with Gasteiger partial charge in [-0.25, -0.2) is 0 Å². The molecule has 6 heteroatoms. The zero-order valence-corrected chi connectivity index (χ0v) is 15.7. The molecule has 1 aliphatic carbocycles. The van der Waals surface area contributed by atoms with Crippen LogP contribution in [0.25, 0.3) is 0 Å². The first-order chi connectivity index (χ1) is 12.2. The van der Waals surface area contributed by atoms with Gasteiger partial charge < -0.3 is 10.1 Å². The Labute approximate surface area is 155 Å². The number of fused-ring (bicyclic) bond motifs is 1. The second-order valence-electron chi connectivity index (χ2n) is 6.82. The molecule has 1 aliphatic heterocycles. The summed E-state index contributed by atoms with van der Waals surface area (Å²) < 4.78 is 5.05. The van der Waals surface area contributed by atoms with Crippen LogP contribution in [-0.2, 0) is 22.4 Å². The zero-order valence-electron chi connectivity index (χ0n) is 14.9. The van der Waals surface area contributed by atoms with E-state index in [4.69, 9.17) is 17.0 Å². The van der Waals surface area contributed by atoms with Gasteiger partial charge in [-0.05, 0) is 54.9 Å². The second-order valence-corrected chi connectivity index (χ2v) is 7.21. The number of hydrogen-bond acceptors (Lipinski definition) is 3. The van der Waals surface area contributed by atoms with Gasteiger partial charge in [0.1, 0.15) is 0 Å². The van der Waals surface area contributed by atoms with Gasteiger partial charge in [-0.2, -0.15) is 0 Å². The minimum atomic E-state index is 0.191. The molecule has 0 saturated carbocycles. The molecule has 3 rings (SSSR count). The summed E-state index contributed by atoms with van der Waals surface area (Å²) in [6, 6.07) is 8.53. The highest BCUT2D eigenvalue weighted by atomic mass is 32.1. The Morgan fingerprint density at radius 3 is 2.60 bits per heavy atom. The Morgan fingerprint density at radius 2 is 1.92 bits per heavy atom. The monoisotopic (exact) mass is 361 g/mol. The number of hydrazine groups is 1. The largest absolute Gasteiger partial charge is 0.385 e. The second kappa shape index (κ2) is 8.63. The number of benzene rings is 1. The standard InChI is InChI=1S/C19H27N3O2S/c1-24-11-4-8-20-19(25)22-10-5-9-21(22)18(23)14-15-12-16-6-2-3-7-17(16)13-15/h2-3,6-7,15H,4-5,8-14H2,1H3,(H,20,25). The predicted molar refractivity (Wildman–Crippen MR) is 102 cm³/mol. The summed E-state index contributed by atoms with van der Waals surface area (Å²) in [4.78, 5) is 12.8. The van der Waals surface area contributed by atoms with Crippen molar-refractivity contribution < 1.29 is 9.53 Å². The number of methoxy groups -OCH3 is 1. The molecule has 0 radical (unpaired) electrons. The molecule has 1 amide bonds. The molecule has 1 N–H and O–H groups in total. The normalized spacial score (nSPS) is 17.0. The minimum Gasteiger partial charge on any atom is -0.385 e. The van der Waals surface area contributed by atoms with Gasteiger partial charge in [0.2, 0.25) is 5.91 Å². The summed E-state index contributed by atoms with van der Waals surface area (Å²) in [6.07, 6.45) is 4.48. The van der Waals surface area contributed by atoms with Crippen LogP contribution in [0, 0.1) is 5.92 Å². The molecule has 0 unspecified atom stereocenters. The maximum Gasteiger partial charge on any atom is 0.241 e. The fourth-order valence-electron chi connectivity index (χ4n) is 3.73. The number of nitrogens with zero attached hydrogens (tertiary/aromatic N) is 2. The van der Waals surface area contributed by atoms with Crippen LogP contribution in [0.15, 0.2) is 24.3 Å². The summed E-state index contributed by atoms with van der Waals surface area (Å²) in [5.41, 5.74) is 2.79. The van der Waals surface area contributed by atoms with Crippen LogP contribution in [-0.4, -0.2) is 54.4 Å². The van der Waals surface area contributed by atoms with E-state index in [-0.39, 0.29) is 5.91 Å². The van der Waals surface area contributed by atoms with Gasteiger partial charge in [0.15, 0.2) is 5.11 Å². The Morgan fingerprint density at radius 1 is 1.24 bits per heavy atom. The van der Waals surface area contributed by atoms with Crippen molar-refractivity contribution >= 4 is 23.2 Å². The van der Waals surface area contributed by atoms with Crippen LogP contribution in [0.4, 0.5) is 0 Å². The van der Waals surface area contributed by atoms with Gasteiger partial charge in [-0.15, -0.1) is 0 Å². The Balaban J connectivity index is 1.50. The van der Waals surface area contributed by atoms with Crippen molar-refractivity contribution in [3.63, 3.8) is 0 Å². The van der Waals surface area contributed by atoms with Crippen LogP contribution in [0.2, 0.25) is 0 Å². The number of carbonyl (C=O) groups excluding carboxylic acids is 1. The van der Waals surface area contributed by atoms with E-state index in [1.165, 1.54) is 11.1 Å². The number of carbonyl (C=O) groups is 1. The molecule has 1 aromatic rings. The molecule has 5 nitrogen and oxygen atoms in total. The van der Waals surface area contributed by atoms with Crippen LogP contribution in [0.5, 0.6) is 0 Å². The Bertz CT molecular complexity index is 597. The Hall–Kier alpha value is -1.66. The average Bonchev–Trinajstić information content (AvgIpc) is 3.24. The Kier molecular flexibility index (Phi) is 6.26. The molecule has 0 aromatic heterocycles. The molecule has 2 aliphatic rings. The van der Waals surface area contributed by atoms with Crippen LogP contribution in [0.1, 0.15) is 30.4 Å². The third kappa shape index (κ3) is 4.50. The van der Waals surface area contributed by atoms with E-state index in [0.29, 0.717) is 24.1 Å². The molecular formula is C19H27N3O2S. The summed E-state index contributed by atoms with van der Waals surface area (Å²) in [7, 11) is 1.69. The average molecular weight is 362 g/mol. The van der Waals surface area contributed by atoms with Crippen molar-refractivity contribution in [1.29, 1.82) is 0 Å². The number of thiocarbonyl (C=S) groups is 1. The number of hydrogen-bond donors (Lipinski definition) is 1. The molecular weight excluding hydrogens is 334 g/mol. The SMILES string of the molecule is COCCCNC(=S)N1CCCN1C(=O)CC1Cc2ccccc2C1. The number of ether oxygens (including phenoxy) is 1. The first-order valence-corrected chi connectivity index (χ1v) is 9.51. The van der Waals surface area contributed by atoms with E-state index in [0.717, 1.165) is 45.3 Å². The maximum absolute atomic E-state index is 12.8. The van der Waals surface area contributed by atoms with Crippen LogP contribution < -0.4 is 5.32 Å². The molecule has 0 spiro atoms. The first-order valence-electron chi connectivity index (χ1n) is 9.10. The fraction of sp³-hybridized carbons (Fsp3) is 0.579. The van der Waals surface area contributed by atoms with Gasteiger partial charge in [-0.3, -0.25) is 14.8 Å². The van der Waals surface area contributed by atoms with Gasteiger partial charge in [0.05, 0.1) is 0 Å². The first kappa shape index (κ1) is 18.1. The highest BCUT2D eigenvalue weighted by molar-refractivity contribution is 7.80. The summed E-state index contributed by atoms with van der Waals surface area (Å²) in [5, 5.41) is 7.66. The van der Waals surface area contributed by atoms with E-state index in [9.17, 15) is 4.79 Å². The summed E-state index contributed by atoms with van der Waals surface area (Å²) >= 11 is 5.48. The maximum atomic E-state index is 12.8. The van der Waals surface area contributed by atoms with Crippen molar-refractivity contribution in [2.45, 2.75) is 32.1 Å². The van der Waals surface area contributed by atoms with Gasteiger partial charge in [0, 0.05) is 39.8 Å². The van der Waals surface area contributed by atoms with E-state index < -0.39 is 0 Å². The lowest BCUT2D eigenvalue weighted by atomic mass is 10.0. The van der Waals surface area contributed by atoms with E-state index in [1.807, 2.05) is 10.0 Å². The molecule has 0 bridgehead atoms. The van der Waals surface area contributed by atoms with E-state index in [2.05, 4.69) is 29.6 Å². The molecule has 25 heavy (non-hydrogen) atoms. The highest BCUT2D eigenvalue weighted by Gasteiger charge is 2.31. The fourth-order valence-corrected chi connectivity index (χ4v) is 4.02. The van der Waals surface area contributed by atoms with E-state index >= 15 is 0 Å². The number of nitrogens with one attached hydrogen (secondary N) is 1. The van der Waals surface area contributed by atoms with E-state index in [1.54, 1.807) is 7.11 Å². The van der Waals surface area contributed by atoms with Crippen molar-refractivity contribution in [3.05, 3.63) is 35.4 Å². The molecule has 1 fully saturated rings. The predicted octanol–water partition coefficient (Wildman–Crippen LogP) is 2.15. The highest BCUT2D eigenvalue weighted by Crippen LogP contribution is 2.29. The molecule has 0 atom stereocenters. The zero-order chi connectivity index (χ0) is 17.6. The summed E-state index contributed by atoms with van der Waals surface area (Å²) in [5.74, 6) is 0.604. The quantitative estimate of drug-likeness (QED) is 0.621. The number of rotatable bonds is 6. The lowest BCUT2D eigenvalue weighted by Crippen LogP contribution is -2.49. The molecule has 136 valence electrons. The molecule has 1 heterocycles. The van der Waals surface area contributed by atoms with Gasteiger partial charge in [0.25, 0.3) is 0 Å². The third-order valence-electron chi connectivity index (χ3n) is 4.95. The number of amides is 1. The van der Waals surface area contributed by atoms with Crippen molar-refractivity contribution in [1.82, 2.24) is 15.3 Å². The lowest BCUT2D eigenvalue weighted by Gasteiger charge is -2.31. The van der Waals surface area contributed by atoms with Gasteiger partial charge in [-0.1, -0.05) is 24.3 Å². The van der Waals surface area contributed by atoms with Crippen molar-refractivity contribution in [3.8, 4) is 0 Å². The smallest absolute Gasteiger partial charge is 0.241 e.